The first-order valence-corrected chi connectivity index (χ1v) is 27.9. The first kappa shape index (κ1) is 64.2. The van der Waals surface area contributed by atoms with E-state index in [1.165, 1.54) is 161 Å². The van der Waals surface area contributed by atoms with E-state index in [0.717, 1.165) is 59.2 Å². The summed E-state index contributed by atoms with van der Waals surface area (Å²) < 4.78 is 0. The van der Waals surface area contributed by atoms with Crippen molar-refractivity contribution in [3.8, 4) is 0 Å². The van der Waals surface area contributed by atoms with Crippen LogP contribution in [0.2, 0.25) is 0 Å². The van der Waals surface area contributed by atoms with E-state index in [1.807, 2.05) is 19.4 Å². The molecule has 1 saturated carbocycles. The molecule has 0 bridgehead atoms. The third-order valence-corrected chi connectivity index (χ3v) is 12.8. The van der Waals surface area contributed by atoms with Gasteiger partial charge in [-0.25, -0.2) is 0 Å². The molecule has 0 aromatic carbocycles. The van der Waals surface area contributed by atoms with E-state index in [9.17, 15) is 0 Å². The van der Waals surface area contributed by atoms with Crippen molar-refractivity contribution >= 4 is 0 Å². The molecule has 0 N–H and O–H groups in total. The van der Waals surface area contributed by atoms with E-state index in [-0.39, 0.29) is 0 Å². The lowest BCUT2D eigenvalue weighted by molar-refractivity contribution is 0.133. The first-order chi connectivity index (χ1) is 29.3. The molecule has 5 rings (SSSR count). The Morgan fingerprint density at radius 3 is 1.66 bits per heavy atom. The molecule has 0 nitrogen and oxygen atoms in total. The number of hydrogen-bond donors (Lipinski definition) is 0. The van der Waals surface area contributed by atoms with Gasteiger partial charge in [0.2, 0.25) is 0 Å². The Labute approximate surface area is 390 Å². The molecule has 61 heavy (non-hydrogen) atoms. The highest BCUT2D eigenvalue weighted by molar-refractivity contribution is 5.21. The highest BCUT2D eigenvalue weighted by Crippen LogP contribution is 2.50. The van der Waals surface area contributed by atoms with Gasteiger partial charge in [-0.1, -0.05) is 255 Å². The molecule has 0 amide bonds. The lowest BCUT2D eigenvalue weighted by Gasteiger charge is -2.44. The zero-order chi connectivity index (χ0) is 46.8. The molecule has 0 aromatic rings. The van der Waals surface area contributed by atoms with Gasteiger partial charge in [0.1, 0.15) is 0 Å². The smallest absolute Gasteiger partial charge is 0.0143 e. The molecule has 0 heteroatoms. The van der Waals surface area contributed by atoms with Crippen LogP contribution in [-0.2, 0) is 0 Å². The average Bonchev–Trinajstić information content (AvgIpc) is 3.28. The third kappa shape index (κ3) is 35.9. The van der Waals surface area contributed by atoms with Gasteiger partial charge >= 0.3 is 0 Å². The van der Waals surface area contributed by atoms with Crippen molar-refractivity contribution in [2.24, 2.45) is 59.2 Å². The molecule has 7 atom stereocenters. The third-order valence-electron chi connectivity index (χ3n) is 12.8. The minimum atomic E-state index is 0.798. The van der Waals surface area contributed by atoms with Crippen LogP contribution in [0.5, 0.6) is 0 Å². The van der Waals surface area contributed by atoms with Crippen molar-refractivity contribution < 1.29 is 0 Å². The fourth-order valence-electron chi connectivity index (χ4n) is 9.70. The average molecular weight is 854 g/mol. The standard InChI is InChI=1S/C25H38.C11H24.C7H12.C6H14.C4H10.2C3H8.C2H6/c1-18-15-16-23-19(2)25(21-10-4-3-5-11-21)24-14-7-6-9-20(24)12-8-13-22(23)17-18;1-5-7-11(4)9-6-8-10(2)3;1-7-5-3-2-4-6-7;1-3-5-6-4-2;1-4(2)3;2*1-3-2;1-2/h8,13-15,19-23,25H,3-7,9-12,16-17H2,1-2H3;10-11H,5-9H2,1-4H3;2-3,7H,4-6H2,1H3;3-6H2,1-2H3;4H,1-3H3;2*3H2,1-2H3;1-2H3/b13-8-;;;;;;;. The van der Waals surface area contributed by atoms with Crippen LogP contribution in [0.3, 0.4) is 0 Å². The van der Waals surface area contributed by atoms with E-state index in [4.69, 9.17) is 0 Å². The van der Waals surface area contributed by atoms with Gasteiger partial charge in [0, 0.05) is 0 Å². The Bertz CT molecular complexity index is 988. The van der Waals surface area contributed by atoms with Gasteiger partial charge in [0.25, 0.3) is 0 Å². The zero-order valence-electron chi connectivity index (χ0n) is 45.9. The fraction of sp³-hybridized carbons (Fsp3) is 0.869. The molecule has 0 radical (unpaired) electrons. The van der Waals surface area contributed by atoms with E-state index in [0.29, 0.717) is 0 Å². The summed E-state index contributed by atoms with van der Waals surface area (Å²) in [5.41, 5.74) is 3.53. The summed E-state index contributed by atoms with van der Waals surface area (Å²) in [6.45, 7) is 40.0. The highest BCUT2D eigenvalue weighted by Gasteiger charge is 2.40. The van der Waals surface area contributed by atoms with Crippen molar-refractivity contribution in [1.29, 1.82) is 0 Å². The Morgan fingerprint density at radius 1 is 0.590 bits per heavy atom. The molecule has 0 heterocycles. The van der Waals surface area contributed by atoms with Crippen molar-refractivity contribution in [1.82, 2.24) is 0 Å². The van der Waals surface area contributed by atoms with Crippen LogP contribution in [0, 0.1) is 59.2 Å². The minimum Gasteiger partial charge on any atom is -0.0885 e. The van der Waals surface area contributed by atoms with Crippen LogP contribution in [0.1, 0.15) is 285 Å². The quantitative estimate of drug-likeness (QED) is 0.152. The zero-order valence-corrected chi connectivity index (χ0v) is 45.9. The number of unbranched alkanes of at least 4 members (excludes halogenated alkanes) is 3. The van der Waals surface area contributed by atoms with Crippen LogP contribution in [0.15, 0.2) is 47.6 Å². The molecule has 7 unspecified atom stereocenters. The van der Waals surface area contributed by atoms with Gasteiger partial charge in [-0.2, -0.15) is 0 Å². The van der Waals surface area contributed by atoms with Crippen molar-refractivity contribution in [2.45, 2.75) is 285 Å². The molecular weight excluding hydrogens is 733 g/mol. The normalized spacial score (nSPS) is 25.1. The van der Waals surface area contributed by atoms with Gasteiger partial charge in [0.05, 0.1) is 0 Å². The molecule has 364 valence electrons. The Morgan fingerprint density at radius 2 is 1.18 bits per heavy atom. The number of hydrogen-bond acceptors (Lipinski definition) is 0. The number of rotatable bonds is 10. The molecular formula is C61H120. The topological polar surface area (TPSA) is 0 Å². The van der Waals surface area contributed by atoms with Crippen molar-refractivity contribution in [2.75, 3.05) is 0 Å². The lowest BCUT2D eigenvalue weighted by Crippen LogP contribution is -2.35. The summed E-state index contributed by atoms with van der Waals surface area (Å²) in [4.78, 5) is 0. The second-order valence-electron chi connectivity index (χ2n) is 21.1. The largest absolute Gasteiger partial charge is 0.0885 e. The summed E-state index contributed by atoms with van der Waals surface area (Å²) in [5, 5.41) is 0. The Kier molecular flexibility index (Phi) is 47.9. The van der Waals surface area contributed by atoms with Gasteiger partial charge in [-0.05, 0) is 137 Å². The maximum atomic E-state index is 2.71. The van der Waals surface area contributed by atoms with E-state index < -0.39 is 0 Å². The van der Waals surface area contributed by atoms with E-state index in [2.05, 4.69) is 147 Å². The number of fused-ring (bicyclic) bond motifs is 2. The van der Waals surface area contributed by atoms with Crippen LogP contribution in [-0.4, -0.2) is 0 Å². The first-order valence-electron chi connectivity index (χ1n) is 27.9. The van der Waals surface area contributed by atoms with Crippen LogP contribution < -0.4 is 0 Å². The Hall–Kier alpha value is -1.04. The van der Waals surface area contributed by atoms with Gasteiger partial charge in [-0.3, -0.25) is 0 Å². The summed E-state index contributed by atoms with van der Waals surface area (Å²) >= 11 is 0. The van der Waals surface area contributed by atoms with Gasteiger partial charge < -0.3 is 0 Å². The predicted octanol–water partition coefficient (Wildman–Crippen LogP) is 22.2. The van der Waals surface area contributed by atoms with Crippen LogP contribution in [0.4, 0.5) is 0 Å². The van der Waals surface area contributed by atoms with Crippen molar-refractivity contribution in [3.63, 3.8) is 0 Å². The molecule has 5 aliphatic rings. The summed E-state index contributed by atoms with van der Waals surface area (Å²) in [6, 6.07) is 0. The summed E-state index contributed by atoms with van der Waals surface area (Å²) in [5.74, 6) is 8.86. The SMILES string of the molecule is CC.CC(C)C.CC1=CCC2C(/C=C\CC3CCCC=C3C(C3CCCCC3)C2C)C1.CC1CC=CCC1.CCC.CCC.CCCC(C)CCCC(C)C.CCCCCC. The molecule has 5 aliphatic carbocycles. The van der Waals surface area contributed by atoms with Gasteiger partial charge in [-0.15, -0.1) is 0 Å². The maximum Gasteiger partial charge on any atom is -0.0143 e. The maximum absolute atomic E-state index is 2.71. The van der Waals surface area contributed by atoms with E-state index in [1.54, 1.807) is 5.57 Å². The van der Waals surface area contributed by atoms with Crippen LogP contribution in [0.25, 0.3) is 0 Å². The highest BCUT2D eigenvalue weighted by atomic mass is 14.4. The monoisotopic (exact) mass is 853 g/mol. The van der Waals surface area contributed by atoms with Gasteiger partial charge in [0.15, 0.2) is 0 Å². The number of allylic oxidation sites excluding steroid dienone is 8. The predicted molar refractivity (Wildman–Crippen MR) is 287 cm³/mol. The molecule has 1 fully saturated rings. The fourth-order valence-corrected chi connectivity index (χ4v) is 9.70. The second kappa shape index (κ2) is 45.5. The molecule has 0 aliphatic heterocycles. The molecule has 0 saturated heterocycles. The lowest BCUT2D eigenvalue weighted by atomic mass is 9.61. The molecule has 0 spiro atoms. The van der Waals surface area contributed by atoms with E-state index >= 15 is 0 Å². The Balaban J connectivity index is -0.000000775. The summed E-state index contributed by atoms with van der Waals surface area (Å²) in [6.07, 6.45) is 49.7. The van der Waals surface area contributed by atoms with Crippen molar-refractivity contribution in [3.05, 3.63) is 47.6 Å². The molecule has 0 aromatic heterocycles. The van der Waals surface area contributed by atoms with Crippen LogP contribution >= 0.6 is 0 Å². The summed E-state index contributed by atoms with van der Waals surface area (Å²) in [7, 11) is 0. The minimum absolute atomic E-state index is 0.798. The second-order valence-corrected chi connectivity index (χ2v) is 21.1.